The first-order valence-corrected chi connectivity index (χ1v) is 11.4. The van der Waals surface area contributed by atoms with E-state index in [4.69, 9.17) is 4.74 Å². The lowest BCUT2D eigenvalue weighted by molar-refractivity contribution is -0.117. The highest BCUT2D eigenvalue weighted by molar-refractivity contribution is 5.94. The number of amides is 1. The molecule has 0 unspecified atom stereocenters. The Morgan fingerprint density at radius 3 is 2.40 bits per heavy atom. The van der Waals surface area contributed by atoms with Crippen molar-refractivity contribution in [2.24, 2.45) is 5.92 Å². The Balaban J connectivity index is 1.73. The van der Waals surface area contributed by atoms with Gasteiger partial charge in [0, 0.05) is 50.5 Å². The summed E-state index contributed by atoms with van der Waals surface area (Å²) in [5.74, 6) is 1.60. The van der Waals surface area contributed by atoms with Gasteiger partial charge in [0.25, 0.3) is 0 Å². The Bertz CT molecular complexity index is 788. The highest BCUT2D eigenvalue weighted by Crippen LogP contribution is 2.36. The Hall–Kier alpha value is -2.17. The zero-order valence-electron chi connectivity index (χ0n) is 19.9. The number of carbonyl (C=O) groups excluding carboxylic acids is 1. The van der Waals surface area contributed by atoms with Gasteiger partial charge < -0.3 is 19.4 Å². The van der Waals surface area contributed by atoms with Crippen molar-refractivity contribution in [2.45, 2.75) is 73.0 Å². The lowest BCUT2D eigenvalue weighted by atomic mass is 9.87. The number of allylic oxidation sites excluding steroid dienone is 1. The molecule has 30 heavy (non-hydrogen) atoms. The molecule has 2 aliphatic rings. The molecule has 2 atom stereocenters. The van der Waals surface area contributed by atoms with Crippen LogP contribution in [-0.4, -0.2) is 48.6 Å². The molecular formula is C25H39N3O2. The molecule has 0 N–H and O–H groups in total. The fourth-order valence-electron chi connectivity index (χ4n) is 4.52. The van der Waals surface area contributed by atoms with Gasteiger partial charge in [-0.15, -0.1) is 0 Å². The monoisotopic (exact) mass is 413 g/mol. The van der Waals surface area contributed by atoms with Crippen molar-refractivity contribution in [2.75, 3.05) is 36.0 Å². The van der Waals surface area contributed by atoms with Gasteiger partial charge in [0.2, 0.25) is 5.91 Å². The van der Waals surface area contributed by atoms with E-state index in [1.807, 2.05) is 4.90 Å². The molecule has 166 valence electrons. The summed E-state index contributed by atoms with van der Waals surface area (Å²) in [6.45, 7) is 18.4. The SMILES string of the molecule is CC/C=C(\OC(C)(C)C)N1CCN(c2ccc3c(c2)C[C@@H](C)[C@H](C)N3C(C)=O)CC1. The second kappa shape index (κ2) is 8.91. The van der Waals surface area contributed by atoms with Crippen LogP contribution in [0.5, 0.6) is 0 Å². The van der Waals surface area contributed by atoms with E-state index in [1.54, 1.807) is 6.92 Å². The number of fused-ring (bicyclic) bond motifs is 1. The van der Waals surface area contributed by atoms with Gasteiger partial charge >= 0.3 is 0 Å². The third kappa shape index (κ3) is 4.93. The van der Waals surface area contributed by atoms with Gasteiger partial charge in [0.1, 0.15) is 5.60 Å². The normalized spacial score (nSPS) is 22.8. The highest BCUT2D eigenvalue weighted by Gasteiger charge is 2.32. The molecule has 5 heteroatoms. The molecule has 3 rings (SSSR count). The Labute approximate surface area is 182 Å². The maximum atomic E-state index is 12.2. The molecule has 1 aromatic carbocycles. The number of carbonyl (C=O) groups is 1. The first kappa shape index (κ1) is 22.5. The molecule has 2 heterocycles. The first-order chi connectivity index (χ1) is 14.1. The number of rotatable bonds is 4. The second-order valence-corrected chi connectivity index (χ2v) is 9.76. The predicted octanol–water partition coefficient (Wildman–Crippen LogP) is 4.81. The number of hydrogen-bond donors (Lipinski definition) is 0. The van der Waals surface area contributed by atoms with E-state index in [9.17, 15) is 4.79 Å². The van der Waals surface area contributed by atoms with E-state index in [0.29, 0.717) is 5.92 Å². The zero-order chi connectivity index (χ0) is 22.1. The first-order valence-electron chi connectivity index (χ1n) is 11.4. The van der Waals surface area contributed by atoms with E-state index in [1.165, 1.54) is 11.3 Å². The van der Waals surface area contributed by atoms with Crippen LogP contribution in [0, 0.1) is 5.92 Å². The maximum absolute atomic E-state index is 12.2. The molecule has 1 saturated heterocycles. The second-order valence-electron chi connectivity index (χ2n) is 9.76. The van der Waals surface area contributed by atoms with Gasteiger partial charge in [0.15, 0.2) is 5.88 Å². The standard InChI is InChI=1S/C25H39N3O2/c1-8-9-24(30-25(5,6)7)27-14-12-26(13-15-27)22-10-11-23-21(17-22)16-18(2)19(3)28(23)20(4)29/h9-11,17-19H,8,12-16H2,1-7H3/b24-9-/t18-,19+/m1/s1. The van der Waals surface area contributed by atoms with Crippen LogP contribution < -0.4 is 9.80 Å². The fourth-order valence-corrected chi connectivity index (χ4v) is 4.52. The maximum Gasteiger partial charge on any atom is 0.224 e. The smallest absolute Gasteiger partial charge is 0.224 e. The van der Waals surface area contributed by atoms with E-state index >= 15 is 0 Å². The van der Waals surface area contributed by atoms with Gasteiger partial charge in [-0.1, -0.05) is 13.8 Å². The van der Waals surface area contributed by atoms with Crippen LogP contribution >= 0.6 is 0 Å². The molecule has 1 aromatic rings. The number of ether oxygens (including phenoxy) is 1. The summed E-state index contributed by atoms with van der Waals surface area (Å²) in [6.07, 6.45) is 4.19. The van der Waals surface area contributed by atoms with Gasteiger partial charge in [-0.25, -0.2) is 0 Å². The van der Waals surface area contributed by atoms with Crippen LogP contribution in [0.3, 0.4) is 0 Å². The number of piperazine rings is 1. The lowest BCUT2D eigenvalue weighted by Crippen LogP contribution is -2.47. The minimum Gasteiger partial charge on any atom is -0.474 e. The van der Waals surface area contributed by atoms with Crippen molar-refractivity contribution in [3.63, 3.8) is 0 Å². The largest absolute Gasteiger partial charge is 0.474 e. The van der Waals surface area contributed by atoms with Crippen LogP contribution in [0.2, 0.25) is 0 Å². The van der Waals surface area contributed by atoms with Crippen molar-refractivity contribution >= 4 is 17.3 Å². The van der Waals surface area contributed by atoms with Crippen LogP contribution in [0.1, 0.15) is 60.5 Å². The number of hydrogen-bond acceptors (Lipinski definition) is 4. The predicted molar refractivity (Wildman–Crippen MR) is 125 cm³/mol. The quantitative estimate of drug-likeness (QED) is 0.664. The minimum atomic E-state index is -0.187. The van der Waals surface area contributed by atoms with Gasteiger partial charge in [-0.2, -0.15) is 0 Å². The molecule has 5 nitrogen and oxygen atoms in total. The van der Waals surface area contributed by atoms with Gasteiger partial charge in [0.05, 0.1) is 0 Å². The van der Waals surface area contributed by atoms with Crippen LogP contribution in [-0.2, 0) is 16.0 Å². The molecule has 0 spiro atoms. The highest BCUT2D eigenvalue weighted by atomic mass is 16.5. The molecule has 1 amide bonds. The Morgan fingerprint density at radius 1 is 1.17 bits per heavy atom. The summed E-state index contributed by atoms with van der Waals surface area (Å²) in [5, 5.41) is 0. The third-order valence-electron chi connectivity index (χ3n) is 6.18. The zero-order valence-corrected chi connectivity index (χ0v) is 19.9. The number of anilines is 2. The van der Waals surface area contributed by atoms with Crippen molar-refractivity contribution in [1.82, 2.24) is 4.90 Å². The molecule has 0 bridgehead atoms. The van der Waals surface area contributed by atoms with Gasteiger partial charge in [-0.3, -0.25) is 4.79 Å². The van der Waals surface area contributed by atoms with E-state index in [-0.39, 0.29) is 17.6 Å². The van der Waals surface area contributed by atoms with E-state index in [2.05, 4.69) is 75.6 Å². The van der Waals surface area contributed by atoms with Crippen molar-refractivity contribution in [3.05, 3.63) is 35.7 Å². The van der Waals surface area contributed by atoms with Crippen LogP contribution in [0.25, 0.3) is 0 Å². The lowest BCUT2D eigenvalue weighted by Gasteiger charge is -2.41. The molecule has 0 radical (unpaired) electrons. The summed E-state index contributed by atoms with van der Waals surface area (Å²) in [6, 6.07) is 6.88. The molecule has 2 aliphatic heterocycles. The topological polar surface area (TPSA) is 36.0 Å². The minimum absolute atomic E-state index is 0.130. The molecule has 0 aromatic heterocycles. The summed E-state index contributed by atoms with van der Waals surface area (Å²) >= 11 is 0. The summed E-state index contributed by atoms with van der Waals surface area (Å²) < 4.78 is 6.22. The average molecular weight is 414 g/mol. The Morgan fingerprint density at radius 2 is 1.83 bits per heavy atom. The van der Waals surface area contributed by atoms with Gasteiger partial charge in [-0.05, 0) is 76.3 Å². The number of nitrogens with zero attached hydrogens (tertiary/aromatic N) is 3. The van der Waals surface area contributed by atoms with E-state index < -0.39 is 0 Å². The van der Waals surface area contributed by atoms with Crippen molar-refractivity contribution < 1.29 is 9.53 Å². The average Bonchev–Trinajstić information content (AvgIpc) is 2.67. The summed E-state index contributed by atoms with van der Waals surface area (Å²) in [4.78, 5) is 19.0. The summed E-state index contributed by atoms with van der Waals surface area (Å²) in [7, 11) is 0. The van der Waals surface area contributed by atoms with Crippen molar-refractivity contribution in [1.29, 1.82) is 0 Å². The van der Waals surface area contributed by atoms with Crippen molar-refractivity contribution in [3.8, 4) is 0 Å². The van der Waals surface area contributed by atoms with E-state index in [0.717, 1.165) is 50.6 Å². The van der Waals surface area contributed by atoms with Crippen LogP contribution in [0.4, 0.5) is 11.4 Å². The fraction of sp³-hybridized carbons (Fsp3) is 0.640. The summed E-state index contributed by atoms with van der Waals surface area (Å²) in [5.41, 5.74) is 3.45. The third-order valence-corrected chi connectivity index (χ3v) is 6.18. The molecule has 0 saturated carbocycles. The molecule has 1 fully saturated rings. The molecule has 0 aliphatic carbocycles. The number of benzene rings is 1. The van der Waals surface area contributed by atoms with Crippen LogP contribution in [0.15, 0.2) is 30.2 Å². The Kier molecular flexibility index (Phi) is 6.68. The molecular weight excluding hydrogens is 374 g/mol.